The number of rotatable bonds is 6. The molecule has 0 aliphatic heterocycles. The van der Waals surface area contributed by atoms with Crippen LogP contribution in [-0.4, -0.2) is 24.1 Å². The van der Waals surface area contributed by atoms with Crippen LogP contribution in [0, 0.1) is 31.0 Å². The van der Waals surface area contributed by atoms with Gasteiger partial charge in [-0.25, -0.2) is 4.39 Å². The van der Waals surface area contributed by atoms with E-state index in [2.05, 4.69) is 11.4 Å². The highest BCUT2D eigenvalue weighted by atomic mass is 19.1. The van der Waals surface area contributed by atoms with Crippen LogP contribution >= 0.6 is 0 Å². The fraction of sp³-hybridized carbons (Fsp3) is 0.217. The summed E-state index contributed by atoms with van der Waals surface area (Å²) < 4.78 is 15.1. The highest BCUT2D eigenvalue weighted by molar-refractivity contribution is 5.95. The third-order valence-corrected chi connectivity index (χ3v) is 5.03. The number of nitrogens with one attached hydrogen (secondary N) is 1. The third kappa shape index (κ3) is 4.46. The number of nitrogens with zero attached hydrogens (tertiary/aromatic N) is 3. The van der Waals surface area contributed by atoms with Gasteiger partial charge in [-0.1, -0.05) is 30.3 Å². The van der Waals surface area contributed by atoms with E-state index in [0.29, 0.717) is 17.9 Å². The molecular formula is C23H23FN4O. The van der Waals surface area contributed by atoms with E-state index >= 15 is 0 Å². The maximum Gasteiger partial charge on any atom is 0.245 e. The molecule has 0 saturated carbocycles. The Balaban J connectivity index is 1.83. The van der Waals surface area contributed by atoms with Gasteiger partial charge in [-0.3, -0.25) is 4.79 Å². The Labute approximate surface area is 170 Å². The van der Waals surface area contributed by atoms with Crippen molar-refractivity contribution in [1.29, 1.82) is 5.26 Å². The summed E-state index contributed by atoms with van der Waals surface area (Å²) in [6.45, 7) is 4.46. The molecule has 1 heterocycles. The Morgan fingerprint density at radius 3 is 2.41 bits per heavy atom. The molecule has 148 valence electrons. The van der Waals surface area contributed by atoms with Crippen LogP contribution in [0.4, 0.5) is 15.9 Å². The first kappa shape index (κ1) is 20.2. The molecule has 5 nitrogen and oxygen atoms in total. The zero-order valence-corrected chi connectivity index (χ0v) is 16.7. The maximum absolute atomic E-state index is 13.1. The van der Waals surface area contributed by atoms with E-state index in [1.807, 2.05) is 48.7 Å². The summed E-state index contributed by atoms with van der Waals surface area (Å²) in [5.41, 5.74) is 4.07. The molecule has 0 aliphatic carbocycles. The first-order valence-corrected chi connectivity index (χ1v) is 9.31. The fourth-order valence-electron chi connectivity index (χ4n) is 3.27. The van der Waals surface area contributed by atoms with Crippen molar-refractivity contribution < 1.29 is 9.18 Å². The summed E-state index contributed by atoms with van der Waals surface area (Å²) in [6, 6.07) is 18.1. The number of hydrogen-bond donors (Lipinski definition) is 1. The number of carbonyl (C=O) groups is 1. The first-order valence-electron chi connectivity index (χ1n) is 9.31. The standard InChI is InChI=1S/C23H23FN4O/c1-16-17(2)28(14-18-7-5-4-6-8-18)23(21(16)13-25)26-22(29)15-27(3)20-11-9-19(24)10-12-20/h4-12H,14-15H2,1-3H3,(H,26,29). The number of anilines is 2. The predicted octanol–water partition coefficient (Wildman–Crippen LogP) is 4.24. The minimum atomic E-state index is -0.324. The highest BCUT2D eigenvalue weighted by Crippen LogP contribution is 2.27. The van der Waals surface area contributed by atoms with Crippen molar-refractivity contribution in [2.45, 2.75) is 20.4 Å². The van der Waals surface area contributed by atoms with E-state index in [0.717, 1.165) is 22.5 Å². The number of halogens is 1. The molecule has 2 aromatic carbocycles. The van der Waals surface area contributed by atoms with Crippen LogP contribution < -0.4 is 10.2 Å². The summed E-state index contributed by atoms with van der Waals surface area (Å²) in [6.07, 6.45) is 0. The number of carbonyl (C=O) groups excluding carboxylic acids is 1. The van der Waals surface area contributed by atoms with Gasteiger partial charge in [0.2, 0.25) is 5.91 Å². The van der Waals surface area contributed by atoms with Gasteiger partial charge in [0.15, 0.2) is 0 Å². The lowest BCUT2D eigenvalue weighted by Crippen LogP contribution is -2.31. The van der Waals surface area contributed by atoms with Gasteiger partial charge in [-0.15, -0.1) is 0 Å². The van der Waals surface area contributed by atoms with Crippen molar-refractivity contribution in [1.82, 2.24) is 4.57 Å². The first-order chi connectivity index (χ1) is 13.9. The fourth-order valence-corrected chi connectivity index (χ4v) is 3.27. The molecule has 0 unspecified atom stereocenters. The molecule has 6 heteroatoms. The van der Waals surface area contributed by atoms with Gasteiger partial charge in [0.05, 0.1) is 12.1 Å². The monoisotopic (exact) mass is 390 g/mol. The molecule has 1 aromatic heterocycles. The molecule has 0 spiro atoms. The zero-order valence-electron chi connectivity index (χ0n) is 16.7. The topological polar surface area (TPSA) is 61.1 Å². The number of benzene rings is 2. The lowest BCUT2D eigenvalue weighted by atomic mass is 10.2. The van der Waals surface area contributed by atoms with Crippen LogP contribution in [0.15, 0.2) is 54.6 Å². The number of hydrogen-bond acceptors (Lipinski definition) is 3. The maximum atomic E-state index is 13.1. The summed E-state index contributed by atoms with van der Waals surface area (Å²) in [7, 11) is 1.76. The minimum Gasteiger partial charge on any atom is -0.365 e. The Hall–Kier alpha value is -3.59. The number of amides is 1. The zero-order chi connectivity index (χ0) is 21.0. The lowest BCUT2D eigenvalue weighted by Gasteiger charge is -2.19. The van der Waals surface area contributed by atoms with Crippen LogP contribution in [0.5, 0.6) is 0 Å². The average molecular weight is 390 g/mol. The van der Waals surface area contributed by atoms with Crippen molar-refractivity contribution in [3.63, 3.8) is 0 Å². The van der Waals surface area contributed by atoms with Crippen LogP contribution in [-0.2, 0) is 11.3 Å². The van der Waals surface area contributed by atoms with E-state index in [9.17, 15) is 14.4 Å². The summed E-state index contributed by atoms with van der Waals surface area (Å²) in [5, 5.41) is 12.6. The van der Waals surface area contributed by atoms with Crippen LogP contribution in [0.2, 0.25) is 0 Å². The van der Waals surface area contributed by atoms with Crippen molar-refractivity contribution >= 4 is 17.4 Å². The molecule has 1 amide bonds. The van der Waals surface area contributed by atoms with Gasteiger partial charge in [0.25, 0.3) is 0 Å². The quantitative estimate of drug-likeness (QED) is 0.685. The molecule has 0 fully saturated rings. The normalized spacial score (nSPS) is 10.4. The molecule has 29 heavy (non-hydrogen) atoms. The second kappa shape index (κ2) is 8.61. The Morgan fingerprint density at radius 2 is 1.79 bits per heavy atom. The molecule has 0 atom stereocenters. The van der Waals surface area contributed by atoms with Gasteiger partial charge in [-0.2, -0.15) is 5.26 Å². The number of likely N-dealkylation sites (N-methyl/N-ethyl adjacent to an activating group) is 1. The molecule has 3 rings (SSSR count). The Morgan fingerprint density at radius 1 is 1.14 bits per heavy atom. The van der Waals surface area contributed by atoms with E-state index in [1.165, 1.54) is 12.1 Å². The molecule has 1 N–H and O–H groups in total. The van der Waals surface area contributed by atoms with Crippen molar-refractivity contribution in [3.05, 3.63) is 82.8 Å². The molecule has 0 radical (unpaired) electrons. The van der Waals surface area contributed by atoms with Gasteiger partial charge in [0.1, 0.15) is 17.7 Å². The summed E-state index contributed by atoms with van der Waals surface area (Å²) >= 11 is 0. The number of nitriles is 1. The highest BCUT2D eigenvalue weighted by Gasteiger charge is 2.20. The molecular weight excluding hydrogens is 367 g/mol. The van der Waals surface area contributed by atoms with Crippen molar-refractivity contribution in [2.24, 2.45) is 0 Å². The number of aromatic nitrogens is 1. The Kier molecular flexibility index (Phi) is 5.99. The second-order valence-corrected chi connectivity index (χ2v) is 7.00. The minimum absolute atomic E-state index is 0.0745. The predicted molar refractivity (Wildman–Crippen MR) is 112 cm³/mol. The van der Waals surface area contributed by atoms with Gasteiger partial charge in [0, 0.05) is 25.0 Å². The van der Waals surface area contributed by atoms with Crippen LogP contribution in [0.3, 0.4) is 0 Å². The van der Waals surface area contributed by atoms with Crippen molar-refractivity contribution in [2.75, 3.05) is 23.8 Å². The average Bonchev–Trinajstić information content (AvgIpc) is 2.93. The summed E-state index contributed by atoms with van der Waals surface area (Å²) in [5.74, 6) is -0.0704. The van der Waals surface area contributed by atoms with E-state index in [1.54, 1.807) is 24.1 Å². The Bertz CT molecular complexity index is 1050. The van der Waals surface area contributed by atoms with Gasteiger partial charge < -0.3 is 14.8 Å². The SMILES string of the molecule is Cc1c(C#N)c(NC(=O)CN(C)c2ccc(F)cc2)n(Cc2ccccc2)c1C. The van der Waals surface area contributed by atoms with E-state index in [4.69, 9.17) is 0 Å². The third-order valence-electron chi connectivity index (χ3n) is 5.03. The van der Waals surface area contributed by atoms with Crippen LogP contribution in [0.25, 0.3) is 0 Å². The largest absolute Gasteiger partial charge is 0.365 e. The van der Waals surface area contributed by atoms with Gasteiger partial charge >= 0.3 is 0 Å². The summed E-state index contributed by atoms with van der Waals surface area (Å²) in [4.78, 5) is 14.4. The lowest BCUT2D eigenvalue weighted by molar-refractivity contribution is -0.115. The van der Waals surface area contributed by atoms with Crippen molar-refractivity contribution in [3.8, 4) is 6.07 Å². The molecule has 0 saturated heterocycles. The molecule has 0 aliphatic rings. The smallest absolute Gasteiger partial charge is 0.245 e. The second-order valence-electron chi connectivity index (χ2n) is 7.00. The molecule has 0 bridgehead atoms. The van der Waals surface area contributed by atoms with Crippen LogP contribution in [0.1, 0.15) is 22.4 Å². The molecule has 3 aromatic rings. The van der Waals surface area contributed by atoms with E-state index < -0.39 is 0 Å². The van der Waals surface area contributed by atoms with Gasteiger partial charge in [-0.05, 0) is 49.2 Å². The van der Waals surface area contributed by atoms with E-state index in [-0.39, 0.29) is 18.3 Å².